The predicted octanol–water partition coefficient (Wildman–Crippen LogP) is 2.47. The number of methoxy groups -OCH3 is 1. The lowest BCUT2D eigenvalue weighted by Crippen LogP contribution is -2.04. The van der Waals surface area contributed by atoms with Crippen LogP contribution in [0.3, 0.4) is 0 Å². The first kappa shape index (κ1) is 15.6. The van der Waals surface area contributed by atoms with Crippen molar-refractivity contribution in [1.82, 2.24) is 15.0 Å². The third-order valence-electron chi connectivity index (χ3n) is 2.65. The summed E-state index contributed by atoms with van der Waals surface area (Å²) in [6.07, 6.45) is 0. The summed E-state index contributed by atoms with van der Waals surface area (Å²) in [5, 5.41) is 3.04. The topological polar surface area (TPSA) is 97.2 Å². The van der Waals surface area contributed by atoms with Crippen molar-refractivity contribution < 1.29 is 13.5 Å². The van der Waals surface area contributed by atoms with Gasteiger partial charge < -0.3 is 14.6 Å². The van der Waals surface area contributed by atoms with Crippen LogP contribution in [0.5, 0.6) is 5.75 Å². The van der Waals surface area contributed by atoms with Crippen LogP contribution in [0.25, 0.3) is 0 Å². The third-order valence-corrected chi connectivity index (χ3v) is 3.64. The standard InChI is InChI=1S/C12H13ClN4O3S/c1-6-4-8(9(20-3)5-10(6)21(18)19)16-12-15-7(2)14-11(13)17-12/h4-5H,1-3H3,(H,18,19)(H,14,15,16,17). The Kier molecular flexibility index (Phi) is 4.71. The van der Waals surface area contributed by atoms with Crippen LogP contribution in [0.4, 0.5) is 11.6 Å². The highest BCUT2D eigenvalue weighted by Gasteiger charge is 2.13. The van der Waals surface area contributed by atoms with E-state index in [-0.39, 0.29) is 16.1 Å². The molecular weight excluding hydrogens is 316 g/mol. The third kappa shape index (κ3) is 3.66. The van der Waals surface area contributed by atoms with Crippen LogP contribution >= 0.6 is 11.6 Å². The Balaban J connectivity index is 2.44. The number of halogens is 1. The molecule has 1 atom stereocenters. The maximum Gasteiger partial charge on any atom is 0.231 e. The lowest BCUT2D eigenvalue weighted by Gasteiger charge is -2.13. The summed E-state index contributed by atoms with van der Waals surface area (Å²) in [4.78, 5) is 12.2. The Morgan fingerprint density at radius 1 is 1.29 bits per heavy atom. The smallest absolute Gasteiger partial charge is 0.231 e. The van der Waals surface area contributed by atoms with Crippen LogP contribution in [-0.4, -0.2) is 30.8 Å². The summed E-state index contributed by atoms with van der Waals surface area (Å²) < 4.78 is 25.7. The van der Waals surface area contributed by atoms with Crippen LogP contribution in [-0.2, 0) is 11.1 Å². The zero-order chi connectivity index (χ0) is 15.6. The number of ether oxygens (including phenoxy) is 1. The fourth-order valence-electron chi connectivity index (χ4n) is 1.75. The van der Waals surface area contributed by atoms with E-state index in [0.717, 1.165) is 0 Å². The van der Waals surface area contributed by atoms with E-state index >= 15 is 0 Å². The number of nitrogens with one attached hydrogen (secondary N) is 1. The molecule has 7 nitrogen and oxygen atoms in total. The molecule has 2 aromatic rings. The highest BCUT2D eigenvalue weighted by atomic mass is 35.5. The normalized spacial score (nSPS) is 12.0. The molecule has 112 valence electrons. The van der Waals surface area contributed by atoms with Gasteiger partial charge in [0.1, 0.15) is 11.6 Å². The molecule has 0 amide bonds. The fourth-order valence-corrected chi connectivity index (χ4v) is 2.49. The van der Waals surface area contributed by atoms with Gasteiger partial charge in [-0.2, -0.15) is 9.97 Å². The van der Waals surface area contributed by atoms with Crippen molar-refractivity contribution in [3.05, 3.63) is 28.8 Å². The van der Waals surface area contributed by atoms with E-state index < -0.39 is 11.1 Å². The molecule has 0 saturated carbocycles. The van der Waals surface area contributed by atoms with Crippen molar-refractivity contribution in [2.24, 2.45) is 0 Å². The summed E-state index contributed by atoms with van der Waals surface area (Å²) in [5.41, 5.74) is 1.20. The minimum atomic E-state index is -2.08. The SMILES string of the molecule is COc1cc(S(=O)O)c(C)cc1Nc1nc(C)nc(Cl)n1. The van der Waals surface area contributed by atoms with Crippen molar-refractivity contribution in [3.63, 3.8) is 0 Å². The molecule has 0 aliphatic rings. The lowest BCUT2D eigenvalue weighted by atomic mass is 10.2. The van der Waals surface area contributed by atoms with Gasteiger partial charge in [0.25, 0.3) is 0 Å². The summed E-state index contributed by atoms with van der Waals surface area (Å²) in [5.74, 6) is 1.14. The summed E-state index contributed by atoms with van der Waals surface area (Å²) in [6.45, 7) is 3.42. The van der Waals surface area contributed by atoms with Gasteiger partial charge >= 0.3 is 0 Å². The first-order valence-electron chi connectivity index (χ1n) is 5.85. The van der Waals surface area contributed by atoms with Crippen molar-refractivity contribution in [2.45, 2.75) is 18.7 Å². The highest BCUT2D eigenvalue weighted by molar-refractivity contribution is 7.79. The quantitative estimate of drug-likeness (QED) is 0.832. The summed E-state index contributed by atoms with van der Waals surface area (Å²) in [7, 11) is 1.46. The molecule has 0 saturated heterocycles. The monoisotopic (exact) mass is 328 g/mol. The van der Waals surface area contributed by atoms with Gasteiger partial charge in [-0.1, -0.05) is 0 Å². The van der Waals surface area contributed by atoms with E-state index in [9.17, 15) is 8.76 Å². The van der Waals surface area contributed by atoms with Gasteiger partial charge in [-0.25, -0.2) is 9.19 Å². The van der Waals surface area contributed by atoms with E-state index in [1.165, 1.54) is 13.2 Å². The molecule has 0 radical (unpaired) electrons. The number of nitrogens with zero attached hydrogens (tertiary/aromatic N) is 3. The van der Waals surface area contributed by atoms with Gasteiger partial charge in [0.2, 0.25) is 11.2 Å². The van der Waals surface area contributed by atoms with Crippen LogP contribution in [0, 0.1) is 13.8 Å². The molecule has 0 fully saturated rings. The molecule has 1 heterocycles. The van der Waals surface area contributed by atoms with Gasteiger partial charge in [0.05, 0.1) is 17.7 Å². The van der Waals surface area contributed by atoms with Gasteiger partial charge in [0, 0.05) is 6.07 Å². The van der Waals surface area contributed by atoms with Crippen molar-refractivity contribution in [3.8, 4) is 5.75 Å². The minimum absolute atomic E-state index is 0.0776. The molecule has 2 rings (SSSR count). The molecule has 1 aromatic carbocycles. The first-order chi connectivity index (χ1) is 9.90. The van der Waals surface area contributed by atoms with Gasteiger partial charge in [-0.3, -0.25) is 0 Å². The van der Waals surface area contributed by atoms with Gasteiger partial charge in [0.15, 0.2) is 11.1 Å². The minimum Gasteiger partial charge on any atom is -0.495 e. The number of aryl methyl sites for hydroxylation is 2. The summed E-state index contributed by atoms with van der Waals surface area (Å²) in [6, 6.07) is 3.17. The molecule has 0 aliphatic carbocycles. The van der Waals surface area contributed by atoms with Crippen molar-refractivity contribution in [2.75, 3.05) is 12.4 Å². The molecule has 21 heavy (non-hydrogen) atoms. The fraction of sp³-hybridized carbons (Fsp3) is 0.250. The highest BCUT2D eigenvalue weighted by Crippen LogP contribution is 2.31. The van der Waals surface area contributed by atoms with E-state index in [2.05, 4.69) is 20.3 Å². The zero-order valence-corrected chi connectivity index (χ0v) is 13.1. The number of aromatic nitrogens is 3. The molecule has 0 bridgehead atoms. The number of hydrogen-bond donors (Lipinski definition) is 2. The number of benzene rings is 1. The van der Waals surface area contributed by atoms with Crippen LogP contribution in [0.15, 0.2) is 17.0 Å². The second kappa shape index (κ2) is 6.33. The Morgan fingerprint density at radius 2 is 2.00 bits per heavy atom. The molecule has 1 unspecified atom stereocenters. The largest absolute Gasteiger partial charge is 0.495 e. The molecule has 2 N–H and O–H groups in total. The van der Waals surface area contributed by atoms with Crippen LogP contribution in [0.1, 0.15) is 11.4 Å². The molecular formula is C12H13ClN4O3S. The van der Waals surface area contributed by atoms with Crippen LogP contribution in [0.2, 0.25) is 5.28 Å². The number of anilines is 2. The Labute approximate surface area is 129 Å². The second-order valence-corrected chi connectivity index (χ2v) is 5.44. The molecule has 1 aromatic heterocycles. The van der Waals surface area contributed by atoms with E-state index in [0.29, 0.717) is 22.8 Å². The summed E-state index contributed by atoms with van der Waals surface area (Å²) >= 11 is 3.70. The molecule has 0 aliphatic heterocycles. The van der Waals surface area contributed by atoms with Gasteiger partial charge in [-0.05, 0) is 37.1 Å². The predicted molar refractivity (Wildman–Crippen MR) is 79.6 cm³/mol. The first-order valence-corrected chi connectivity index (χ1v) is 7.34. The molecule has 9 heteroatoms. The van der Waals surface area contributed by atoms with Crippen molar-refractivity contribution in [1.29, 1.82) is 0 Å². The van der Waals surface area contributed by atoms with Crippen molar-refractivity contribution >= 4 is 34.3 Å². The Hall–Kier alpha value is -1.77. The van der Waals surface area contributed by atoms with Gasteiger partial charge in [-0.15, -0.1) is 0 Å². The van der Waals surface area contributed by atoms with E-state index in [1.807, 2.05) is 0 Å². The Morgan fingerprint density at radius 3 is 2.57 bits per heavy atom. The Bertz CT molecular complexity index is 691. The second-order valence-electron chi connectivity index (χ2n) is 4.17. The van der Waals surface area contributed by atoms with E-state index in [1.54, 1.807) is 19.9 Å². The van der Waals surface area contributed by atoms with Crippen LogP contribution < -0.4 is 10.1 Å². The zero-order valence-electron chi connectivity index (χ0n) is 11.5. The maximum absolute atomic E-state index is 11.2. The average Bonchev–Trinajstić information content (AvgIpc) is 2.37. The number of rotatable bonds is 4. The van der Waals surface area contributed by atoms with E-state index in [4.69, 9.17) is 16.3 Å². The average molecular weight is 329 g/mol. The molecule has 0 spiro atoms. The lowest BCUT2D eigenvalue weighted by molar-refractivity contribution is 0.415. The number of hydrogen-bond acceptors (Lipinski definition) is 6. The maximum atomic E-state index is 11.2.